The van der Waals surface area contributed by atoms with Gasteiger partial charge in [0.05, 0.1) is 10.8 Å². The van der Waals surface area contributed by atoms with Crippen molar-refractivity contribution in [3.63, 3.8) is 0 Å². The lowest BCUT2D eigenvalue weighted by molar-refractivity contribution is -0.113. The number of aromatic nitrogens is 3. The minimum Gasteiger partial charge on any atom is -0.457 e. The molecule has 0 bridgehead atoms. The van der Waals surface area contributed by atoms with Gasteiger partial charge in [-0.1, -0.05) is 52.9 Å². The maximum atomic E-state index is 12.1. The van der Waals surface area contributed by atoms with Gasteiger partial charge in [-0.15, -0.1) is 10.2 Å². The van der Waals surface area contributed by atoms with Gasteiger partial charge < -0.3 is 15.4 Å². The number of rotatable bonds is 8. The number of hydrogen-bond donors (Lipinski definition) is 2. The number of nitrogens with one attached hydrogen (secondary N) is 2. The summed E-state index contributed by atoms with van der Waals surface area (Å²) in [4.78, 5) is 16.1. The molecule has 2 N–H and O–H groups in total. The van der Waals surface area contributed by atoms with Crippen LogP contribution in [0.3, 0.4) is 0 Å². The van der Waals surface area contributed by atoms with E-state index in [0.717, 1.165) is 17.2 Å². The van der Waals surface area contributed by atoms with E-state index in [1.165, 1.54) is 29.3 Å². The summed E-state index contributed by atoms with van der Waals surface area (Å²) in [6, 6.07) is 20.5. The molecule has 1 amide bonds. The van der Waals surface area contributed by atoms with Gasteiger partial charge in [0.2, 0.25) is 11.0 Å². The first-order valence-corrected chi connectivity index (χ1v) is 11.3. The molecule has 10 heteroatoms. The summed E-state index contributed by atoms with van der Waals surface area (Å²) in [5.41, 5.74) is 0.861. The zero-order valence-electron chi connectivity index (χ0n) is 16.0. The number of hydrogen-bond acceptors (Lipinski definition) is 8. The molecule has 0 saturated heterocycles. The van der Waals surface area contributed by atoms with E-state index in [-0.39, 0.29) is 11.7 Å². The van der Waals surface area contributed by atoms with Crippen molar-refractivity contribution >= 4 is 57.2 Å². The first-order chi connectivity index (χ1) is 15.1. The molecule has 0 radical (unpaired) electrons. The normalized spacial score (nSPS) is 10.5. The van der Waals surface area contributed by atoms with Crippen LogP contribution in [0.5, 0.6) is 11.5 Å². The second-order valence-corrected chi connectivity index (χ2v) is 8.77. The Kier molecular flexibility index (Phi) is 6.98. The molecule has 2 aromatic carbocycles. The molecular formula is C21H16ClN5O2S2. The minimum absolute atomic E-state index is 0.182. The lowest BCUT2D eigenvalue weighted by atomic mass is 10.3. The molecule has 0 fully saturated rings. The van der Waals surface area contributed by atoms with Crippen LogP contribution < -0.4 is 15.4 Å². The number of amides is 1. The van der Waals surface area contributed by atoms with E-state index in [1.54, 1.807) is 12.1 Å². The van der Waals surface area contributed by atoms with Crippen LogP contribution >= 0.6 is 34.7 Å². The molecule has 4 rings (SSSR count). The highest BCUT2D eigenvalue weighted by atomic mass is 35.5. The fraction of sp³-hybridized carbons (Fsp3) is 0.0476. The Morgan fingerprint density at radius 1 is 1.00 bits per heavy atom. The largest absolute Gasteiger partial charge is 0.457 e. The number of halogens is 1. The van der Waals surface area contributed by atoms with Crippen LogP contribution in [-0.2, 0) is 4.79 Å². The average molecular weight is 470 g/mol. The van der Waals surface area contributed by atoms with Crippen LogP contribution in [0.4, 0.5) is 16.6 Å². The third-order valence-corrected chi connectivity index (χ3v) is 6.01. The standard InChI is InChI=1S/C21H16ClN5O2S2/c22-14-6-11-18(23-12-14)25-19(28)13-30-21-27-26-20(31-21)24-15-7-9-17(10-8-15)29-16-4-2-1-3-5-16/h1-12H,13H2,(H,24,26)(H,23,25,28). The van der Waals surface area contributed by atoms with E-state index < -0.39 is 0 Å². The maximum Gasteiger partial charge on any atom is 0.235 e. The molecule has 31 heavy (non-hydrogen) atoms. The number of carbonyl (C=O) groups excluding carboxylic acids is 1. The summed E-state index contributed by atoms with van der Waals surface area (Å²) >= 11 is 8.46. The predicted octanol–water partition coefficient (Wildman–Crippen LogP) is 5.85. The molecule has 156 valence electrons. The highest BCUT2D eigenvalue weighted by Gasteiger charge is 2.09. The average Bonchev–Trinajstić information content (AvgIpc) is 3.23. The zero-order valence-corrected chi connectivity index (χ0v) is 18.4. The summed E-state index contributed by atoms with van der Waals surface area (Å²) in [7, 11) is 0. The van der Waals surface area contributed by atoms with Gasteiger partial charge >= 0.3 is 0 Å². The van der Waals surface area contributed by atoms with E-state index in [4.69, 9.17) is 16.3 Å². The summed E-state index contributed by atoms with van der Waals surface area (Å²) in [5.74, 6) is 1.99. The highest BCUT2D eigenvalue weighted by molar-refractivity contribution is 8.01. The van der Waals surface area contributed by atoms with Gasteiger partial charge in [-0.2, -0.15) is 0 Å². The van der Waals surface area contributed by atoms with Crippen molar-refractivity contribution in [1.29, 1.82) is 0 Å². The summed E-state index contributed by atoms with van der Waals surface area (Å²) < 4.78 is 6.47. The number of para-hydroxylation sites is 1. The second-order valence-electron chi connectivity index (χ2n) is 6.14. The van der Waals surface area contributed by atoms with Gasteiger partial charge in [0.1, 0.15) is 17.3 Å². The molecule has 7 nitrogen and oxygen atoms in total. The number of thioether (sulfide) groups is 1. The van der Waals surface area contributed by atoms with Gasteiger partial charge in [0, 0.05) is 11.9 Å². The Hall–Kier alpha value is -3.14. The first-order valence-electron chi connectivity index (χ1n) is 9.12. The summed E-state index contributed by atoms with van der Waals surface area (Å²) in [6.45, 7) is 0. The number of anilines is 3. The fourth-order valence-electron chi connectivity index (χ4n) is 2.43. The van der Waals surface area contributed by atoms with Crippen molar-refractivity contribution in [2.45, 2.75) is 4.34 Å². The van der Waals surface area contributed by atoms with E-state index in [9.17, 15) is 4.79 Å². The van der Waals surface area contributed by atoms with E-state index in [2.05, 4.69) is 25.8 Å². The molecule has 0 aliphatic carbocycles. The van der Waals surface area contributed by atoms with Crippen molar-refractivity contribution in [2.24, 2.45) is 0 Å². The molecule has 2 heterocycles. The van der Waals surface area contributed by atoms with Crippen LogP contribution in [0.25, 0.3) is 0 Å². The fourth-order valence-corrected chi connectivity index (χ4v) is 4.11. The molecule has 4 aromatic rings. The topological polar surface area (TPSA) is 89.0 Å². The number of benzene rings is 2. The molecule has 0 spiro atoms. The van der Waals surface area contributed by atoms with Gasteiger partial charge in [-0.25, -0.2) is 4.98 Å². The maximum absolute atomic E-state index is 12.1. The van der Waals surface area contributed by atoms with Crippen molar-refractivity contribution in [2.75, 3.05) is 16.4 Å². The second kappa shape index (κ2) is 10.3. The molecule has 0 atom stereocenters. The highest BCUT2D eigenvalue weighted by Crippen LogP contribution is 2.29. The number of pyridine rings is 1. The quantitative estimate of drug-likeness (QED) is 0.313. The Morgan fingerprint density at radius 3 is 2.52 bits per heavy atom. The number of nitrogens with zero attached hydrogens (tertiary/aromatic N) is 3. The Morgan fingerprint density at radius 2 is 1.77 bits per heavy atom. The Bertz CT molecular complexity index is 1140. The molecular weight excluding hydrogens is 454 g/mol. The van der Waals surface area contributed by atoms with Gasteiger partial charge in [-0.3, -0.25) is 4.79 Å². The van der Waals surface area contributed by atoms with Gasteiger partial charge in [0.25, 0.3) is 0 Å². The van der Waals surface area contributed by atoms with Crippen LogP contribution in [0, 0.1) is 0 Å². The van der Waals surface area contributed by atoms with Crippen molar-refractivity contribution in [3.05, 3.63) is 77.9 Å². The smallest absolute Gasteiger partial charge is 0.235 e. The molecule has 2 aromatic heterocycles. The Labute approximate surface area is 191 Å². The summed E-state index contributed by atoms with van der Waals surface area (Å²) in [6.07, 6.45) is 1.48. The zero-order chi connectivity index (χ0) is 21.5. The lowest BCUT2D eigenvalue weighted by Crippen LogP contribution is -2.14. The lowest BCUT2D eigenvalue weighted by Gasteiger charge is -2.06. The van der Waals surface area contributed by atoms with Crippen molar-refractivity contribution < 1.29 is 9.53 Å². The van der Waals surface area contributed by atoms with Crippen LogP contribution in [0.1, 0.15) is 0 Å². The third kappa shape index (κ3) is 6.42. The molecule has 0 saturated carbocycles. The van der Waals surface area contributed by atoms with Gasteiger partial charge in [0.15, 0.2) is 4.34 Å². The Balaban J connectivity index is 1.26. The SMILES string of the molecule is O=C(CSc1nnc(Nc2ccc(Oc3ccccc3)cc2)s1)Nc1ccc(Cl)cn1. The van der Waals surface area contributed by atoms with Crippen LogP contribution in [0.15, 0.2) is 77.3 Å². The molecule has 0 aliphatic rings. The van der Waals surface area contributed by atoms with Gasteiger partial charge in [-0.05, 0) is 48.5 Å². The third-order valence-electron chi connectivity index (χ3n) is 3.81. The molecule has 0 unspecified atom stereocenters. The summed E-state index contributed by atoms with van der Waals surface area (Å²) in [5, 5.41) is 15.3. The van der Waals surface area contributed by atoms with Crippen molar-refractivity contribution in [3.8, 4) is 11.5 Å². The van der Waals surface area contributed by atoms with Crippen LogP contribution in [0.2, 0.25) is 5.02 Å². The first kappa shape index (κ1) is 21.1. The van der Waals surface area contributed by atoms with Crippen LogP contribution in [-0.4, -0.2) is 26.8 Å². The minimum atomic E-state index is -0.182. The number of ether oxygens (including phenoxy) is 1. The predicted molar refractivity (Wildman–Crippen MR) is 125 cm³/mol. The molecule has 0 aliphatic heterocycles. The van der Waals surface area contributed by atoms with E-state index >= 15 is 0 Å². The van der Waals surface area contributed by atoms with E-state index in [1.807, 2.05) is 54.6 Å². The van der Waals surface area contributed by atoms with Crippen molar-refractivity contribution in [1.82, 2.24) is 15.2 Å². The number of carbonyl (C=O) groups is 1. The monoisotopic (exact) mass is 469 g/mol. The van der Waals surface area contributed by atoms with E-state index in [0.29, 0.717) is 20.3 Å².